The van der Waals surface area contributed by atoms with Gasteiger partial charge in [0.2, 0.25) is 0 Å². The smallest absolute Gasteiger partial charge is 0.270 e. The van der Waals surface area contributed by atoms with Crippen LogP contribution in [-0.4, -0.2) is 22.6 Å². The largest absolute Gasteiger partial charge is 0.347 e. The predicted octanol–water partition coefficient (Wildman–Crippen LogP) is 7.74. The Morgan fingerprint density at radius 2 is 1.83 bits per heavy atom. The zero-order chi connectivity index (χ0) is 24.9. The van der Waals surface area contributed by atoms with Gasteiger partial charge in [-0.25, -0.2) is 0 Å². The minimum absolute atomic E-state index is 0.192. The molecule has 5 heteroatoms. The van der Waals surface area contributed by atoms with Gasteiger partial charge in [-0.15, -0.1) is 0 Å². The van der Waals surface area contributed by atoms with Gasteiger partial charge in [0.25, 0.3) is 5.69 Å². The highest BCUT2D eigenvalue weighted by atomic mass is 16.6. The molecule has 1 aliphatic heterocycles. The molecule has 0 radical (unpaired) electrons. The zero-order valence-electron chi connectivity index (χ0n) is 21.8. The van der Waals surface area contributed by atoms with E-state index in [1.807, 2.05) is 12.1 Å². The van der Waals surface area contributed by atoms with E-state index in [4.69, 9.17) is 0 Å². The van der Waals surface area contributed by atoms with Crippen molar-refractivity contribution in [2.75, 3.05) is 13.1 Å². The summed E-state index contributed by atoms with van der Waals surface area (Å²) in [6.07, 6.45) is 15.0. The highest BCUT2D eigenvalue weighted by Gasteiger charge is 2.24. The number of nitro groups is 1. The number of non-ortho nitro benzene ring substituents is 1. The van der Waals surface area contributed by atoms with Crippen LogP contribution in [0.1, 0.15) is 86.8 Å². The van der Waals surface area contributed by atoms with E-state index in [0.29, 0.717) is 5.92 Å². The third-order valence-corrected chi connectivity index (χ3v) is 8.67. The standard InChI is InChI=1S/C31H41N3O2/c1-23-7-5-11-26(19-23)28(12-6-10-24-15-17-32-18-16-24)30-22-33(21-25-8-3-2-4-9-25)31-14-13-27(34(35)36)20-29(30)31/h5,7,11,13-14,19-20,22,24-25,28,32H,2-4,6,8-10,12,15-18,21H2,1H3. The van der Waals surface area contributed by atoms with Crippen molar-refractivity contribution in [3.63, 3.8) is 0 Å². The molecule has 0 spiro atoms. The average molecular weight is 488 g/mol. The summed E-state index contributed by atoms with van der Waals surface area (Å²) in [5.74, 6) is 1.77. The Labute approximate surface area is 215 Å². The molecule has 1 saturated carbocycles. The molecular weight excluding hydrogens is 446 g/mol. The lowest BCUT2D eigenvalue weighted by atomic mass is 9.84. The Hall–Kier alpha value is -2.66. The normalized spacial score (nSPS) is 18.5. The summed E-state index contributed by atoms with van der Waals surface area (Å²) < 4.78 is 2.42. The Kier molecular flexibility index (Phi) is 8.05. The molecule has 192 valence electrons. The summed E-state index contributed by atoms with van der Waals surface area (Å²) in [4.78, 5) is 11.5. The van der Waals surface area contributed by atoms with Crippen LogP contribution in [0.2, 0.25) is 0 Å². The number of rotatable bonds is 9. The van der Waals surface area contributed by atoms with Crippen LogP contribution in [0.4, 0.5) is 5.69 Å². The molecule has 1 atom stereocenters. The van der Waals surface area contributed by atoms with E-state index in [9.17, 15) is 10.1 Å². The number of nitro benzene ring substituents is 1. The second kappa shape index (κ2) is 11.6. The van der Waals surface area contributed by atoms with Gasteiger partial charge in [-0.1, -0.05) is 61.9 Å². The Morgan fingerprint density at radius 3 is 2.58 bits per heavy atom. The van der Waals surface area contributed by atoms with Crippen molar-refractivity contribution in [1.82, 2.24) is 9.88 Å². The number of aryl methyl sites for hydroxylation is 1. The van der Waals surface area contributed by atoms with E-state index in [0.717, 1.165) is 42.9 Å². The van der Waals surface area contributed by atoms with Crippen molar-refractivity contribution < 1.29 is 4.92 Å². The van der Waals surface area contributed by atoms with E-state index in [1.54, 1.807) is 6.07 Å². The van der Waals surface area contributed by atoms with Crippen LogP contribution < -0.4 is 5.32 Å². The number of hydrogen-bond acceptors (Lipinski definition) is 3. The summed E-state index contributed by atoms with van der Waals surface area (Å²) in [5.41, 5.74) is 5.21. The van der Waals surface area contributed by atoms with Crippen molar-refractivity contribution in [2.45, 2.75) is 83.6 Å². The van der Waals surface area contributed by atoms with Gasteiger partial charge in [-0.05, 0) is 81.1 Å². The van der Waals surface area contributed by atoms with Gasteiger partial charge >= 0.3 is 0 Å². The van der Waals surface area contributed by atoms with Crippen LogP contribution in [-0.2, 0) is 6.54 Å². The maximum absolute atomic E-state index is 11.7. The minimum Gasteiger partial charge on any atom is -0.347 e. The fraction of sp³-hybridized carbons (Fsp3) is 0.548. The van der Waals surface area contributed by atoms with Gasteiger partial charge in [0, 0.05) is 41.7 Å². The molecule has 2 heterocycles. The third-order valence-electron chi connectivity index (χ3n) is 8.67. The predicted molar refractivity (Wildman–Crippen MR) is 148 cm³/mol. The molecule has 2 fully saturated rings. The van der Waals surface area contributed by atoms with E-state index in [1.165, 1.54) is 74.5 Å². The maximum Gasteiger partial charge on any atom is 0.270 e. The molecule has 36 heavy (non-hydrogen) atoms. The molecular formula is C31H41N3O2. The quantitative estimate of drug-likeness (QED) is 0.248. The van der Waals surface area contributed by atoms with Crippen LogP contribution in [0.15, 0.2) is 48.7 Å². The van der Waals surface area contributed by atoms with E-state index < -0.39 is 0 Å². The van der Waals surface area contributed by atoms with E-state index >= 15 is 0 Å². The Morgan fingerprint density at radius 1 is 1.03 bits per heavy atom. The van der Waals surface area contributed by atoms with Crippen LogP contribution in [0.5, 0.6) is 0 Å². The number of benzene rings is 2. The summed E-state index contributed by atoms with van der Waals surface area (Å²) in [7, 11) is 0. The lowest BCUT2D eigenvalue weighted by molar-refractivity contribution is -0.384. The highest BCUT2D eigenvalue weighted by molar-refractivity contribution is 5.87. The molecule has 5 nitrogen and oxygen atoms in total. The van der Waals surface area contributed by atoms with Gasteiger partial charge in [0.05, 0.1) is 4.92 Å². The Balaban J connectivity index is 1.51. The van der Waals surface area contributed by atoms with Crippen molar-refractivity contribution in [1.29, 1.82) is 0 Å². The third kappa shape index (κ3) is 5.83. The number of aromatic nitrogens is 1. The molecule has 1 saturated heterocycles. The average Bonchev–Trinajstić information content (AvgIpc) is 3.25. The number of nitrogens with zero attached hydrogens (tertiary/aromatic N) is 2. The molecule has 5 rings (SSSR count). The molecule has 0 bridgehead atoms. The molecule has 3 aromatic rings. The van der Waals surface area contributed by atoms with E-state index in [-0.39, 0.29) is 16.5 Å². The monoisotopic (exact) mass is 487 g/mol. The number of hydrogen-bond donors (Lipinski definition) is 1. The van der Waals surface area contributed by atoms with Crippen LogP contribution in [0, 0.1) is 28.9 Å². The highest BCUT2D eigenvalue weighted by Crippen LogP contribution is 2.39. The molecule has 1 aliphatic carbocycles. The summed E-state index contributed by atoms with van der Waals surface area (Å²) in [5, 5.41) is 16.3. The van der Waals surface area contributed by atoms with Crippen LogP contribution >= 0.6 is 0 Å². The fourth-order valence-electron chi connectivity index (χ4n) is 6.67. The van der Waals surface area contributed by atoms with Gasteiger partial charge in [-0.2, -0.15) is 0 Å². The summed E-state index contributed by atoms with van der Waals surface area (Å²) >= 11 is 0. The first-order chi connectivity index (χ1) is 17.6. The molecule has 0 amide bonds. The van der Waals surface area contributed by atoms with Gasteiger partial charge < -0.3 is 9.88 Å². The zero-order valence-corrected chi connectivity index (χ0v) is 21.8. The van der Waals surface area contributed by atoms with Crippen LogP contribution in [0.3, 0.4) is 0 Å². The summed E-state index contributed by atoms with van der Waals surface area (Å²) in [6, 6.07) is 14.4. The lowest BCUT2D eigenvalue weighted by Gasteiger charge is -2.24. The van der Waals surface area contributed by atoms with Crippen LogP contribution in [0.25, 0.3) is 10.9 Å². The first-order valence-electron chi connectivity index (χ1n) is 14.1. The van der Waals surface area contributed by atoms with Crippen molar-refractivity contribution in [2.24, 2.45) is 11.8 Å². The molecule has 1 aromatic heterocycles. The van der Waals surface area contributed by atoms with Crippen molar-refractivity contribution in [3.05, 3.63) is 75.5 Å². The number of piperidine rings is 1. The first-order valence-corrected chi connectivity index (χ1v) is 14.1. The minimum atomic E-state index is -0.250. The SMILES string of the molecule is Cc1cccc(C(CCCC2CCNCC2)c2cn(CC3CCCCC3)c3ccc([N+](=O)[O-])cc23)c1. The maximum atomic E-state index is 11.7. The second-order valence-corrected chi connectivity index (χ2v) is 11.3. The van der Waals surface area contributed by atoms with E-state index in [2.05, 4.69) is 47.3 Å². The molecule has 2 aliphatic rings. The molecule has 2 aromatic carbocycles. The first kappa shape index (κ1) is 25.0. The number of nitrogens with one attached hydrogen (secondary N) is 1. The number of fused-ring (bicyclic) bond motifs is 1. The topological polar surface area (TPSA) is 60.1 Å². The Bertz CT molecular complexity index is 1170. The van der Waals surface area contributed by atoms with Gasteiger partial charge in [-0.3, -0.25) is 10.1 Å². The molecule has 1 N–H and O–H groups in total. The fourth-order valence-corrected chi connectivity index (χ4v) is 6.67. The second-order valence-electron chi connectivity index (χ2n) is 11.3. The van der Waals surface area contributed by atoms with Crippen molar-refractivity contribution in [3.8, 4) is 0 Å². The van der Waals surface area contributed by atoms with Crippen molar-refractivity contribution >= 4 is 16.6 Å². The lowest BCUT2D eigenvalue weighted by Crippen LogP contribution is -2.27. The van der Waals surface area contributed by atoms with Gasteiger partial charge in [0.15, 0.2) is 0 Å². The van der Waals surface area contributed by atoms with Gasteiger partial charge in [0.1, 0.15) is 0 Å². The summed E-state index contributed by atoms with van der Waals surface area (Å²) in [6.45, 7) is 5.46. The molecule has 1 unspecified atom stereocenters.